The molecule has 4 unspecified atom stereocenters. The molecule has 0 aromatic heterocycles. The monoisotopic (exact) mass is 368 g/mol. The number of nitrogens with one attached hydrogen (secondary N) is 2. The van der Waals surface area contributed by atoms with Crippen molar-refractivity contribution in [3.63, 3.8) is 0 Å². The summed E-state index contributed by atoms with van der Waals surface area (Å²) in [6, 6.07) is 3.80. The predicted molar refractivity (Wildman–Crippen MR) is 101 cm³/mol. The smallest absolute Gasteiger partial charge is 0.327 e. The standard InChI is InChI=1S/C17H28N4O5/c1-9(22)18-14-8-12(21(4)5)6-7-13(14)15(19-10(2)23)16(17(25)26)20-11(3)24/h6-11,16,18,20,22-24H,1-5H3,(H,25,26). The molecule has 0 amide bonds. The van der Waals surface area contributed by atoms with Gasteiger partial charge in [0.2, 0.25) is 0 Å². The molecule has 0 bridgehead atoms. The van der Waals surface area contributed by atoms with Gasteiger partial charge < -0.3 is 30.6 Å². The quantitative estimate of drug-likeness (QED) is 0.265. The van der Waals surface area contributed by atoms with Crippen molar-refractivity contribution in [1.29, 1.82) is 0 Å². The molecule has 26 heavy (non-hydrogen) atoms. The lowest BCUT2D eigenvalue weighted by Crippen LogP contribution is -2.48. The number of nitrogens with zero attached hydrogens (tertiary/aromatic N) is 2. The molecule has 0 saturated heterocycles. The Morgan fingerprint density at radius 2 is 1.73 bits per heavy atom. The Kier molecular flexibility index (Phi) is 7.97. The zero-order valence-corrected chi connectivity index (χ0v) is 15.6. The number of anilines is 2. The third-order valence-electron chi connectivity index (χ3n) is 3.41. The summed E-state index contributed by atoms with van der Waals surface area (Å²) in [6.45, 7) is 4.32. The second-order valence-corrected chi connectivity index (χ2v) is 6.20. The maximum atomic E-state index is 11.7. The molecule has 0 heterocycles. The highest BCUT2D eigenvalue weighted by molar-refractivity contribution is 6.17. The average molecular weight is 368 g/mol. The summed E-state index contributed by atoms with van der Waals surface area (Å²) < 4.78 is 0. The lowest BCUT2D eigenvalue weighted by atomic mass is 9.99. The molecule has 0 aliphatic rings. The van der Waals surface area contributed by atoms with Gasteiger partial charge in [0, 0.05) is 31.0 Å². The fraction of sp³-hybridized carbons (Fsp3) is 0.529. The van der Waals surface area contributed by atoms with E-state index in [4.69, 9.17) is 0 Å². The summed E-state index contributed by atoms with van der Waals surface area (Å²) in [4.78, 5) is 17.6. The summed E-state index contributed by atoms with van der Waals surface area (Å²) >= 11 is 0. The van der Waals surface area contributed by atoms with Gasteiger partial charge in [0.05, 0.1) is 5.71 Å². The van der Waals surface area contributed by atoms with E-state index in [9.17, 15) is 25.2 Å². The number of carbonyl (C=O) groups is 1. The average Bonchev–Trinajstić information content (AvgIpc) is 2.49. The molecule has 9 nitrogen and oxygen atoms in total. The number of aliphatic carboxylic acids is 1. The number of hydrogen-bond acceptors (Lipinski definition) is 8. The molecule has 6 N–H and O–H groups in total. The van der Waals surface area contributed by atoms with Crippen LogP contribution in [0.1, 0.15) is 26.3 Å². The third kappa shape index (κ3) is 6.26. The van der Waals surface area contributed by atoms with Gasteiger partial charge in [0.15, 0.2) is 6.04 Å². The van der Waals surface area contributed by atoms with Crippen molar-refractivity contribution >= 4 is 23.1 Å². The zero-order valence-electron chi connectivity index (χ0n) is 15.6. The molecule has 0 aliphatic carbocycles. The fourth-order valence-electron chi connectivity index (χ4n) is 2.39. The molecule has 0 saturated carbocycles. The van der Waals surface area contributed by atoms with Gasteiger partial charge >= 0.3 is 5.97 Å². The number of hydrogen-bond donors (Lipinski definition) is 6. The van der Waals surface area contributed by atoms with Gasteiger partial charge in [-0.2, -0.15) is 0 Å². The van der Waals surface area contributed by atoms with Crippen LogP contribution in [0.4, 0.5) is 11.4 Å². The summed E-state index contributed by atoms with van der Waals surface area (Å²) in [7, 11) is 3.70. The first-order valence-electron chi connectivity index (χ1n) is 8.22. The van der Waals surface area contributed by atoms with E-state index in [1.54, 1.807) is 18.2 Å². The number of aliphatic hydroxyl groups is 3. The molecule has 1 rings (SSSR count). The minimum atomic E-state index is -1.36. The first-order chi connectivity index (χ1) is 12.0. The highest BCUT2D eigenvalue weighted by Gasteiger charge is 2.28. The van der Waals surface area contributed by atoms with Crippen LogP contribution in [0.3, 0.4) is 0 Å². The van der Waals surface area contributed by atoms with Crippen molar-refractivity contribution in [1.82, 2.24) is 5.32 Å². The Morgan fingerprint density at radius 3 is 2.15 bits per heavy atom. The number of carboxylic acids is 1. The van der Waals surface area contributed by atoms with Crippen molar-refractivity contribution in [3.8, 4) is 0 Å². The first kappa shape index (κ1) is 21.8. The lowest BCUT2D eigenvalue weighted by molar-refractivity contribution is -0.138. The van der Waals surface area contributed by atoms with E-state index < -0.39 is 30.7 Å². The van der Waals surface area contributed by atoms with Gasteiger partial charge in [-0.05, 0) is 39.0 Å². The van der Waals surface area contributed by atoms with Gasteiger partial charge in [-0.25, -0.2) is 0 Å². The van der Waals surface area contributed by atoms with E-state index in [0.717, 1.165) is 5.69 Å². The van der Waals surface area contributed by atoms with E-state index in [1.807, 2.05) is 19.0 Å². The van der Waals surface area contributed by atoms with Crippen LogP contribution in [0, 0.1) is 0 Å². The minimum Gasteiger partial charge on any atom is -0.480 e. The molecular formula is C17H28N4O5. The van der Waals surface area contributed by atoms with Crippen LogP contribution in [0.25, 0.3) is 0 Å². The Balaban J connectivity index is 3.56. The van der Waals surface area contributed by atoms with Gasteiger partial charge in [0.25, 0.3) is 0 Å². The van der Waals surface area contributed by atoms with Crippen LogP contribution in [-0.2, 0) is 4.79 Å². The predicted octanol–water partition coefficient (Wildman–Crippen LogP) is 0.0113. The number of benzene rings is 1. The number of carboxylic acid groups (broad SMARTS) is 1. The van der Waals surface area contributed by atoms with E-state index >= 15 is 0 Å². The van der Waals surface area contributed by atoms with Crippen LogP contribution >= 0.6 is 0 Å². The second kappa shape index (κ2) is 9.48. The van der Waals surface area contributed by atoms with E-state index in [1.165, 1.54) is 20.8 Å². The van der Waals surface area contributed by atoms with E-state index in [0.29, 0.717) is 11.3 Å². The summed E-state index contributed by atoms with van der Waals surface area (Å²) in [5.41, 5.74) is 1.69. The van der Waals surface area contributed by atoms with Gasteiger partial charge in [-0.1, -0.05) is 0 Å². The van der Waals surface area contributed by atoms with Crippen molar-refractivity contribution in [3.05, 3.63) is 23.8 Å². The van der Waals surface area contributed by atoms with Crippen molar-refractivity contribution in [2.75, 3.05) is 24.3 Å². The number of aliphatic imine (C=N–C) groups is 1. The van der Waals surface area contributed by atoms with E-state index in [2.05, 4.69) is 15.6 Å². The molecule has 1 aromatic rings. The second-order valence-electron chi connectivity index (χ2n) is 6.20. The SMILES string of the molecule is CC(O)N=C(c1ccc(N(C)C)cc1NC(C)O)C(NC(C)O)C(=O)O. The summed E-state index contributed by atoms with van der Waals surface area (Å²) in [5.74, 6) is -1.26. The Labute approximate surface area is 153 Å². The lowest BCUT2D eigenvalue weighted by Gasteiger charge is -2.24. The maximum Gasteiger partial charge on any atom is 0.327 e. The van der Waals surface area contributed by atoms with Gasteiger partial charge in [-0.15, -0.1) is 0 Å². The molecule has 0 fully saturated rings. The molecule has 0 radical (unpaired) electrons. The molecular weight excluding hydrogens is 340 g/mol. The highest BCUT2D eigenvalue weighted by Crippen LogP contribution is 2.25. The Morgan fingerprint density at radius 1 is 1.12 bits per heavy atom. The first-order valence-corrected chi connectivity index (χ1v) is 8.22. The Bertz CT molecular complexity index is 644. The molecule has 146 valence electrons. The van der Waals surface area contributed by atoms with Crippen molar-refractivity contribution < 1.29 is 25.2 Å². The van der Waals surface area contributed by atoms with Gasteiger partial charge in [-0.3, -0.25) is 15.1 Å². The number of rotatable bonds is 9. The van der Waals surface area contributed by atoms with Crippen LogP contribution in [0.15, 0.2) is 23.2 Å². The minimum absolute atomic E-state index is 0.0295. The maximum absolute atomic E-state index is 11.7. The fourth-order valence-corrected chi connectivity index (χ4v) is 2.39. The van der Waals surface area contributed by atoms with Crippen LogP contribution < -0.4 is 15.5 Å². The molecule has 0 spiro atoms. The highest BCUT2D eigenvalue weighted by atomic mass is 16.4. The topological polar surface area (TPSA) is 138 Å². The third-order valence-corrected chi connectivity index (χ3v) is 3.41. The van der Waals surface area contributed by atoms with Crippen LogP contribution in [0.5, 0.6) is 0 Å². The summed E-state index contributed by atoms with van der Waals surface area (Å²) in [6.07, 6.45) is -3.16. The van der Waals surface area contributed by atoms with Crippen LogP contribution in [0.2, 0.25) is 0 Å². The zero-order chi connectivity index (χ0) is 20.0. The Hall–Kier alpha value is -2.20. The van der Waals surface area contributed by atoms with Crippen molar-refractivity contribution in [2.45, 2.75) is 45.5 Å². The van der Waals surface area contributed by atoms with Gasteiger partial charge in [0.1, 0.15) is 18.7 Å². The molecule has 1 aromatic carbocycles. The number of aliphatic hydroxyl groups excluding tert-OH is 3. The molecule has 0 aliphatic heterocycles. The normalized spacial score (nSPS) is 16.5. The van der Waals surface area contributed by atoms with Crippen LogP contribution in [-0.4, -0.2) is 70.9 Å². The van der Waals surface area contributed by atoms with Crippen molar-refractivity contribution in [2.24, 2.45) is 4.99 Å². The molecule has 4 atom stereocenters. The summed E-state index contributed by atoms with van der Waals surface area (Å²) in [5, 5.41) is 44.0. The largest absolute Gasteiger partial charge is 0.480 e. The van der Waals surface area contributed by atoms with E-state index in [-0.39, 0.29) is 5.71 Å². The molecule has 9 heteroatoms.